The molecule has 0 aliphatic carbocycles. The van der Waals surface area contributed by atoms with Gasteiger partial charge in [0.2, 0.25) is 0 Å². The molecule has 0 aliphatic rings. The van der Waals surface area contributed by atoms with Gasteiger partial charge in [-0.1, -0.05) is 35.3 Å². The Morgan fingerprint density at radius 3 is 2.18 bits per heavy atom. The number of benzene rings is 3. The minimum Gasteiger partial charge on any atom is -0.462 e. The molecule has 9 heteroatoms. The molecule has 170 valence electrons. The Morgan fingerprint density at radius 2 is 1.61 bits per heavy atom. The van der Waals surface area contributed by atoms with Crippen molar-refractivity contribution in [2.24, 2.45) is 0 Å². The van der Waals surface area contributed by atoms with E-state index in [1.165, 1.54) is 30.0 Å². The monoisotopic (exact) mass is 486 g/mol. The second-order valence-electron chi connectivity index (χ2n) is 7.07. The average Bonchev–Trinajstić information content (AvgIpc) is 2.79. The van der Waals surface area contributed by atoms with Gasteiger partial charge in [0, 0.05) is 38.5 Å². The van der Waals surface area contributed by atoms with E-state index in [4.69, 9.17) is 27.9 Å². The summed E-state index contributed by atoms with van der Waals surface area (Å²) in [5.74, 6) is -0.957. The zero-order chi connectivity index (χ0) is 24.1. The van der Waals surface area contributed by atoms with Crippen LogP contribution < -0.4 is 4.90 Å². The van der Waals surface area contributed by atoms with Gasteiger partial charge in [-0.15, -0.1) is 0 Å². The van der Waals surface area contributed by atoms with Gasteiger partial charge in [0.15, 0.2) is 0 Å². The molecule has 0 aliphatic heterocycles. The molecule has 7 nitrogen and oxygen atoms in total. The van der Waals surface area contributed by atoms with Crippen molar-refractivity contribution < 1.29 is 19.2 Å². The summed E-state index contributed by atoms with van der Waals surface area (Å²) in [6.45, 7) is 3.48. The molecule has 0 spiro atoms. The summed E-state index contributed by atoms with van der Waals surface area (Å²) in [5, 5.41) is 12.1. The highest BCUT2D eigenvalue weighted by molar-refractivity contribution is 6.36. The lowest BCUT2D eigenvalue weighted by Crippen LogP contribution is -2.31. The molecule has 0 radical (unpaired) electrons. The fourth-order valence-corrected chi connectivity index (χ4v) is 3.83. The first kappa shape index (κ1) is 24.2. The molecule has 33 heavy (non-hydrogen) atoms. The topological polar surface area (TPSA) is 89.8 Å². The molecule has 1 amide bonds. The number of nitro benzene ring substituents is 1. The van der Waals surface area contributed by atoms with E-state index in [0.717, 1.165) is 0 Å². The van der Waals surface area contributed by atoms with Gasteiger partial charge in [-0.2, -0.15) is 0 Å². The number of nitrogens with zero attached hydrogens (tertiary/aromatic N) is 2. The second kappa shape index (κ2) is 10.5. The third kappa shape index (κ3) is 5.32. The Kier molecular flexibility index (Phi) is 7.68. The van der Waals surface area contributed by atoms with Gasteiger partial charge in [0.1, 0.15) is 0 Å². The summed E-state index contributed by atoms with van der Waals surface area (Å²) in [5.41, 5.74) is 1.55. The van der Waals surface area contributed by atoms with Gasteiger partial charge >= 0.3 is 5.97 Å². The number of esters is 1. The zero-order valence-electron chi connectivity index (χ0n) is 17.9. The van der Waals surface area contributed by atoms with Gasteiger partial charge < -0.3 is 9.64 Å². The molecule has 3 aromatic rings. The minimum absolute atomic E-state index is 0.0121. The number of nitro groups is 1. The van der Waals surface area contributed by atoms with Crippen LogP contribution in [0.3, 0.4) is 0 Å². The molecule has 0 heterocycles. The number of amides is 1. The van der Waals surface area contributed by atoms with Crippen LogP contribution in [0.1, 0.15) is 38.8 Å². The van der Waals surface area contributed by atoms with Crippen LogP contribution in [0.4, 0.5) is 11.4 Å². The van der Waals surface area contributed by atoms with Crippen molar-refractivity contribution in [2.75, 3.05) is 11.5 Å². The first-order valence-corrected chi connectivity index (χ1v) is 10.8. The SMILES string of the molecule is CCOC(=O)c1ccc(N(Cc2c(Cl)cccc2Cl)C(=O)c2cccc([N+](=O)[O-])c2C)cc1. The first-order valence-electron chi connectivity index (χ1n) is 10.0. The highest BCUT2D eigenvalue weighted by Gasteiger charge is 2.25. The van der Waals surface area contributed by atoms with E-state index in [1.54, 1.807) is 49.4 Å². The molecule has 0 saturated heterocycles. The van der Waals surface area contributed by atoms with Crippen molar-refractivity contribution in [3.8, 4) is 0 Å². The van der Waals surface area contributed by atoms with Crippen LogP contribution >= 0.6 is 23.2 Å². The zero-order valence-corrected chi connectivity index (χ0v) is 19.4. The average molecular weight is 487 g/mol. The number of anilines is 1. The summed E-state index contributed by atoms with van der Waals surface area (Å²) in [6.07, 6.45) is 0. The van der Waals surface area contributed by atoms with E-state index in [2.05, 4.69) is 0 Å². The fraction of sp³-hybridized carbons (Fsp3) is 0.167. The van der Waals surface area contributed by atoms with Crippen molar-refractivity contribution in [2.45, 2.75) is 20.4 Å². The number of hydrogen-bond donors (Lipinski definition) is 0. The Balaban J connectivity index is 2.08. The maximum absolute atomic E-state index is 13.6. The van der Waals surface area contributed by atoms with Crippen molar-refractivity contribution in [1.29, 1.82) is 0 Å². The maximum atomic E-state index is 13.6. The number of halogens is 2. The lowest BCUT2D eigenvalue weighted by molar-refractivity contribution is -0.385. The summed E-state index contributed by atoms with van der Waals surface area (Å²) in [4.78, 5) is 37.9. The molecular formula is C24H20Cl2N2O5. The van der Waals surface area contributed by atoms with Gasteiger partial charge in [0.25, 0.3) is 11.6 Å². The summed E-state index contributed by atoms with van der Waals surface area (Å²) in [6, 6.07) is 15.6. The predicted octanol–water partition coefficient (Wildman–Crippen LogP) is 6.23. The molecule has 0 aromatic heterocycles. The fourth-order valence-electron chi connectivity index (χ4n) is 3.31. The second-order valence-corrected chi connectivity index (χ2v) is 7.88. The third-order valence-corrected chi connectivity index (χ3v) is 5.75. The van der Waals surface area contributed by atoms with E-state index in [9.17, 15) is 19.7 Å². The van der Waals surface area contributed by atoms with Crippen LogP contribution in [-0.2, 0) is 11.3 Å². The minimum atomic E-state index is -0.532. The Labute approximate surface area is 200 Å². The maximum Gasteiger partial charge on any atom is 0.338 e. The molecule has 3 aromatic carbocycles. The molecular weight excluding hydrogens is 467 g/mol. The van der Waals surface area contributed by atoms with E-state index >= 15 is 0 Å². The lowest BCUT2D eigenvalue weighted by Gasteiger charge is -2.25. The summed E-state index contributed by atoms with van der Waals surface area (Å²) >= 11 is 12.7. The molecule has 0 saturated carbocycles. The molecule has 0 unspecified atom stereocenters. The third-order valence-electron chi connectivity index (χ3n) is 5.05. The number of rotatable bonds is 7. The first-order chi connectivity index (χ1) is 15.7. The van der Waals surface area contributed by atoms with Crippen LogP contribution in [0.15, 0.2) is 60.7 Å². The van der Waals surface area contributed by atoms with E-state index in [0.29, 0.717) is 26.9 Å². The van der Waals surface area contributed by atoms with Crippen LogP contribution in [0, 0.1) is 17.0 Å². The highest BCUT2D eigenvalue weighted by Crippen LogP contribution is 2.30. The molecule has 0 fully saturated rings. The van der Waals surface area contributed by atoms with Crippen molar-refractivity contribution in [3.05, 3.63) is 103 Å². The Hall–Kier alpha value is -3.42. The van der Waals surface area contributed by atoms with Gasteiger partial charge in [-0.3, -0.25) is 14.9 Å². The molecule has 0 N–H and O–H groups in total. The smallest absolute Gasteiger partial charge is 0.338 e. The van der Waals surface area contributed by atoms with Crippen LogP contribution in [-0.4, -0.2) is 23.4 Å². The highest BCUT2D eigenvalue weighted by atomic mass is 35.5. The quantitative estimate of drug-likeness (QED) is 0.224. The number of ether oxygens (including phenoxy) is 1. The van der Waals surface area contributed by atoms with E-state index in [-0.39, 0.29) is 30.0 Å². The van der Waals surface area contributed by atoms with Crippen LogP contribution in [0.5, 0.6) is 0 Å². The van der Waals surface area contributed by atoms with E-state index < -0.39 is 16.8 Å². The van der Waals surface area contributed by atoms with Gasteiger partial charge in [-0.25, -0.2) is 4.79 Å². The van der Waals surface area contributed by atoms with Crippen molar-refractivity contribution in [3.63, 3.8) is 0 Å². The Bertz CT molecular complexity index is 1190. The molecule has 3 rings (SSSR count). The lowest BCUT2D eigenvalue weighted by atomic mass is 10.0. The number of carbonyl (C=O) groups is 2. The molecule has 0 atom stereocenters. The standard InChI is InChI=1S/C24H20Cl2N2O5/c1-3-33-24(30)16-10-12-17(13-11-16)27(14-19-20(25)7-5-8-21(19)26)23(29)18-6-4-9-22(15(18)2)28(31)32/h4-13H,3,14H2,1-2H3. The number of hydrogen-bond acceptors (Lipinski definition) is 5. The van der Waals surface area contributed by atoms with Crippen LogP contribution in [0.25, 0.3) is 0 Å². The number of carbonyl (C=O) groups excluding carboxylic acids is 2. The normalized spacial score (nSPS) is 10.5. The van der Waals surface area contributed by atoms with Gasteiger partial charge in [-0.05, 0) is 56.3 Å². The predicted molar refractivity (Wildman–Crippen MR) is 127 cm³/mol. The summed E-state index contributed by atoms with van der Waals surface area (Å²) < 4.78 is 5.01. The summed E-state index contributed by atoms with van der Waals surface area (Å²) in [7, 11) is 0. The van der Waals surface area contributed by atoms with Crippen LogP contribution in [0.2, 0.25) is 10.0 Å². The van der Waals surface area contributed by atoms with Crippen molar-refractivity contribution in [1.82, 2.24) is 0 Å². The molecule has 0 bridgehead atoms. The van der Waals surface area contributed by atoms with Crippen molar-refractivity contribution >= 4 is 46.5 Å². The van der Waals surface area contributed by atoms with Gasteiger partial charge in [0.05, 0.1) is 23.6 Å². The largest absolute Gasteiger partial charge is 0.462 e. The van der Waals surface area contributed by atoms with E-state index in [1.807, 2.05) is 0 Å². The Morgan fingerprint density at radius 1 is 1.00 bits per heavy atom.